The molecule has 6 heteroatoms. The largest absolute Gasteiger partial charge is 0.347 e. The third-order valence-corrected chi connectivity index (χ3v) is 9.03. The summed E-state index contributed by atoms with van der Waals surface area (Å²) >= 11 is 6.29. The monoisotopic (exact) mass is 490 g/mol. The van der Waals surface area contributed by atoms with E-state index in [1.165, 1.54) is 19.3 Å². The maximum atomic E-state index is 13.5. The zero-order chi connectivity index (χ0) is 25.0. The molecule has 0 spiro atoms. The lowest BCUT2D eigenvalue weighted by atomic mass is 9.68. The normalized spacial score (nSPS) is 24.6. The van der Waals surface area contributed by atoms with Crippen LogP contribution in [0.1, 0.15) is 67.2 Å². The number of fused-ring (bicyclic) bond motifs is 2. The molecular formula is C29H35ClN4O. The Morgan fingerprint density at radius 1 is 1.14 bits per heavy atom. The highest BCUT2D eigenvalue weighted by atomic mass is 35.5. The van der Waals surface area contributed by atoms with Gasteiger partial charge in [0, 0.05) is 23.2 Å². The van der Waals surface area contributed by atoms with Crippen LogP contribution >= 0.6 is 11.6 Å². The smallest absolute Gasteiger partial charge is 0.272 e. The van der Waals surface area contributed by atoms with Crippen molar-refractivity contribution in [3.63, 3.8) is 0 Å². The van der Waals surface area contributed by atoms with E-state index in [-0.39, 0.29) is 22.8 Å². The fourth-order valence-corrected chi connectivity index (χ4v) is 6.62. The number of nitrogens with two attached hydrogens (primary N) is 1. The number of carbonyl (C=O) groups is 1. The second kappa shape index (κ2) is 8.79. The first-order valence-electron chi connectivity index (χ1n) is 12.5. The maximum Gasteiger partial charge on any atom is 0.272 e. The van der Waals surface area contributed by atoms with E-state index in [9.17, 15) is 4.79 Å². The molecule has 0 aliphatic heterocycles. The lowest BCUT2D eigenvalue weighted by Crippen LogP contribution is -2.52. The number of hydrogen-bond acceptors (Lipinski definition) is 3. The van der Waals surface area contributed by atoms with E-state index in [1.807, 2.05) is 41.9 Å². The van der Waals surface area contributed by atoms with Crippen LogP contribution < -0.4 is 11.1 Å². The first-order valence-corrected chi connectivity index (χ1v) is 12.9. The summed E-state index contributed by atoms with van der Waals surface area (Å²) in [6.07, 6.45) is 3.62. The predicted octanol–water partition coefficient (Wildman–Crippen LogP) is 5.96. The number of nitrogens with zero attached hydrogens (tertiary/aromatic N) is 2. The highest BCUT2D eigenvalue weighted by molar-refractivity contribution is 6.31. The second-order valence-corrected chi connectivity index (χ2v) is 11.8. The SMILES string of the molecule is Cc1cc(-c2cc(C(=O)N[C@@H]3C4(C)CCC(C4)C3(C)C)nn2Cc2ccc(CN)cc2)ccc1Cl. The molecule has 1 amide bonds. The Kier molecular flexibility index (Phi) is 6.05. The number of amides is 1. The van der Waals surface area contributed by atoms with Gasteiger partial charge in [0.15, 0.2) is 5.69 Å². The molecule has 2 bridgehead atoms. The van der Waals surface area contributed by atoms with Gasteiger partial charge < -0.3 is 11.1 Å². The van der Waals surface area contributed by atoms with Crippen molar-refractivity contribution in [2.45, 2.75) is 66.1 Å². The van der Waals surface area contributed by atoms with Crippen LogP contribution in [-0.4, -0.2) is 21.7 Å². The fourth-order valence-electron chi connectivity index (χ4n) is 6.51. The van der Waals surface area contributed by atoms with E-state index in [0.717, 1.165) is 33.0 Å². The third-order valence-electron chi connectivity index (χ3n) is 8.60. The Morgan fingerprint density at radius 3 is 2.49 bits per heavy atom. The molecule has 2 unspecified atom stereocenters. The van der Waals surface area contributed by atoms with E-state index >= 15 is 0 Å². The minimum atomic E-state index is -0.0963. The molecule has 5 rings (SSSR count). The van der Waals surface area contributed by atoms with Gasteiger partial charge in [0.25, 0.3) is 5.91 Å². The van der Waals surface area contributed by atoms with Crippen LogP contribution in [0.25, 0.3) is 11.3 Å². The predicted molar refractivity (Wildman–Crippen MR) is 141 cm³/mol. The van der Waals surface area contributed by atoms with Gasteiger partial charge >= 0.3 is 0 Å². The van der Waals surface area contributed by atoms with Gasteiger partial charge in [-0.15, -0.1) is 0 Å². The number of hydrogen-bond donors (Lipinski definition) is 2. The van der Waals surface area contributed by atoms with Crippen LogP contribution in [-0.2, 0) is 13.1 Å². The summed E-state index contributed by atoms with van der Waals surface area (Å²) in [5.41, 5.74) is 11.5. The van der Waals surface area contributed by atoms with E-state index in [2.05, 4.69) is 44.3 Å². The molecule has 0 saturated heterocycles. The van der Waals surface area contributed by atoms with Crippen LogP contribution in [0, 0.1) is 23.7 Å². The maximum absolute atomic E-state index is 13.5. The van der Waals surface area contributed by atoms with E-state index in [0.29, 0.717) is 24.7 Å². The van der Waals surface area contributed by atoms with Crippen molar-refractivity contribution in [2.24, 2.45) is 22.5 Å². The van der Waals surface area contributed by atoms with Crippen LogP contribution in [0.5, 0.6) is 0 Å². The molecule has 1 aromatic heterocycles. The zero-order valence-electron chi connectivity index (χ0n) is 21.1. The van der Waals surface area contributed by atoms with Crippen LogP contribution in [0.4, 0.5) is 0 Å². The van der Waals surface area contributed by atoms with Crippen molar-refractivity contribution in [1.82, 2.24) is 15.1 Å². The molecule has 5 nitrogen and oxygen atoms in total. The summed E-state index contributed by atoms with van der Waals surface area (Å²) in [7, 11) is 0. The van der Waals surface area contributed by atoms with Gasteiger partial charge in [-0.2, -0.15) is 5.10 Å². The second-order valence-electron chi connectivity index (χ2n) is 11.4. The Balaban J connectivity index is 1.48. The van der Waals surface area contributed by atoms with E-state index in [1.54, 1.807) is 0 Å². The lowest BCUT2D eigenvalue weighted by molar-refractivity contribution is 0.0732. The van der Waals surface area contributed by atoms with Crippen molar-refractivity contribution < 1.29 is 4.79 Å². The Bertz CT molecular complexity index is 1260. The van der Waals surface area contributed by atoms with Crippen molar-refractivity contribution >= 4 is 17.5 Å². The highest BCUT2D eigenvalue weighted by Crippen LogP contribution is 2.62. The van der Waals surface area contributed by atoms with Gasteiger partial charge in [0.05, 0.1) is 12.2 Å². The van der Waals surface area contributed by atoms with Crippen LogP contribution in [0.3, 0.4) is 0 Å². The van der Waals surface area contributed by atoms with Crippen molar-refractivity contribution in [2.75, 3.05) is 0 Å². The van der Waals surface area contributed by atoms with Gasteiger partial charge in [-0.25, -0.2) is 0 Å². The first-order chi connectivity index (χ1) is 16.6. The average Bonchev–Trinajstić information content (AvgIpc) is 3.48. The van der Waals surface area contributed by atoms with Gasteiger partial charge in [0.1, 0.15) is 0 Å². The number of carbonyl (C=O) groups excluding carboxylic acids is 1. The standard InChI is InChI=1S/C29H35ClN4O/c1-18-13-21(9-10-23(18)30)25-14-24(33-34(25)17-20-7-5-19(16-31)6-8-20)26(35)32-27-28(2,3)22-11-12-29(27,4)15-22/h5-10,13-14,22,27H,11-12,15-17,31H2,1-4H3,(H,32,35)/t22?,27-,29?/m0/s1. The van der Waals surface area contributed by atoms with Gasteiger partial charge in [-0.1, -0.05) is 62.7 Å². The molecule has 2 aliphatic rings. The molecular weight excluding hydrogens is 456 g/mol. The topological polar surface area (TPSA) is 72.9 Å². The van der Waals surface area contributed by atoms with Gasteiger partial charge in [-0.05, 0) is 77.8 Å². The van der Waals surface area contributed by atoms with Crippen molar-refractivity contribution in [1.29, 1.82) is 0 Å². The van der Waals surface area contributed by atoms with E-state index < -0.39 is 0 Å². The highest BCUT2D eigenvalue weighted by Gasteiger charge is 2.59. The molecule has 2 fully saturated rings. The minimum Gasteiger partial charge on any atom is -0.347 e. The zero-order valence-corrected chi connectivity index (χ0v) is 21.8. The molecule has 0 radical (unpaired) electrons. The summed E-state index contributed by atoms with van der Waals surface area (Å²) in [4.78, 5) is 13.5. The van der Waals surface area contributed by atoms with Crippen molar-refractivity contribution in [3.8, 4) is 11.3 Å². The van der Waals surface area contributed by atoms with E-state index in [4.69, 9.17) is 22.4 Å². The quantitative estimate of drug-likeness (QED) is 0.447. The minimum absolute atomic E-state index is 0.0894. The Hall–Kier alpha value is -2.63. The molecule has 35 heavy (non-hydrogen) atoms. The van der Waals surface area contributed by atoms with Gasteiger partial charge in [0.2, 0.25) is 0 Å². The number of benzene rings is 2. The van der Waals surface area contributed by atoms with Gasteiger partial charge in [-0.3, -0.25) is 9.48 Å². The van der Waals surface area contributed by atoms with Crippen LogP contribution in [0.15, 0.2) is 48.5 Å². The average molecular weight is 491 g/mol. The Labute approximate surface area is 213 Å². The molecule has 2 aliphatic carbocycles. The number of rotatable bonds is 6. The van der Waals surface area contributed by atoms with Crippen LogP contribution in [0.2, 0.25) is 5.02 Å². The molecule has 3 aromatic rings. The number of halogens is 1. The molecule has 3 atom stereocenters. The molecule has 1 heterocycles. The summed E-state index contributed by atoms with van der Waals surface area (Å²) < 4.78 is 1.92. The number of aryl methyl sites for hydroxylation is 1. The Morgan fingerprint density at radius 2 is 1.86 bits per heavy atom. The molecule has 184 valence electrons. The third kappa shape index (κ3) is 4.30. The summed E-state index contributed by atoms with van der Waals surface area (Å²) in [5, 5.41) is 8.92. The number of aromatic nitrogens is 2. The number of nitrogens with one attached hydrogen (secondary N) is 1. The fraction of sp³-hybridized carbons (Fsp3) is 0.448. The summed E-state index contributed by atoms with van der Waals surface area (Å²) in [6, 6.07) is 16.2. The first kappa shape index (κ1) is 24.1. The summed E-state index contributed by atoms with van der Waals surface area (Å²) in [5.74, 6) is 0.570. The van der Waals surface area contributed by atoms with Crippen molar-refractivity contribution in [3.05, 3.63) is 75.9 Å². The molecule has 3 N–H and O–H groups in total. The molecule has 2 saturated carbocycles. The lowest BCUT2D eigenvalue weighted by Gasteiger charge is -2.42. The molecule has 2 aromatic carbocycles. The summed E-state index contributed by atoms with van der Waals surface area (Å²) in [6.45, 7) is 10.0.